The molecule has 2 N–H and O–H groups in total. The van der Waals surface area contributed by atoms with Crippen LogP contribution < -0.4 is 5.32 Å². The first-order chi connectivity index (χ1) is 9.33. The van der Waals surface area contributed by atoms with Gasteiger partial charge in [0.25, 0.3) is 0 Å². The maximum Gasteiger partial charge on any atom is 0.0743 e. The molecule has 3 rings (SSSR count). The smallest absolute Gasteiger partial charge is 0.0743 e. The molecule has 1 aliphatic carbocycles. The zero-order valence-corrected chi connectivity index (χ0v) is 11.6. The standard InChI is InChI=1S/C17H25NO/c19-17(12-13-6-2-1-3-7-13)16-11-10-14-8-4-5-9-15(14)18-16/h4-5,8-9,13,16-19H,1-3,6-7,10-12H2. The molecule has 0 saturated heterocycles. The Morgan fingerprint density at radius 2 is 1.89 bits per heavy atom. The van der Waals surface area contributed by atoms with Crippen LogP contribution in [0.25, 0.3) is 0 Å². The van der Waals surface area contributed by atoms with Gasteiger partial charge in [-0.05, 0) is 36.8 Å². The summed E-state index contributed by atoms with van der Waals surface area (Å²) in [6, 6.07) is 8.74. The topological polar surface area (TPSA) is 32.3 Å². The lowest BCUT2D eigenvalue weighted by atomic mass is 9.83. The number of hydrogen-bond acceptors (Lipinski definition) is 2. The summed E-state index contributed by atoms with van der Waals surface area (Å²) in [5.74, 6) is 0.753. The number of benzene rings is 1. The lowest BCUT2D eigenvalue weighted by Gasteiger charge is -2.33. The van der Waals surface area contributed by atoms with Gasteiger partial charge in [0.1, 0.15) is 0 Å². The van der Waals surface area contributed by atoms with Crippen LogP contribution in [-0.4, -0.2) is 17.3 Å². The van der Waals surface area contributed by atoms with Crippen molar-refractivity contribution >= 4 is 5.69 Å². The first-order valence-electron chi connectivity index (χ1n) is 7.85. The van der Waals surface area contributed by atoms with E-state index in [2.05, 4.69) is 29.6 Å². The molecule has 1 aromatic rings. The van der Waals surface area contributed by atoms with Crippen molar-refractivity contribution in [1.82, 2.24) is 0 Å². The van der Waals surface area contributed by atoms with Gasteiger partial charge in [-0.25, -0.2) is 0 Å². The summed E-state index contributed by atoms with van der Waals surface area (Å²) >= 11 is 0. The van der Waals surface area contributed by atoms with Crippen molar-refractivity contribution in [1.29, 1.82) is 0 Å². The minimum Gasteiger partial charge on any atom is -0.391 e. The largest absolute Gasteiger partial charge is 0.391 e. The Hall–Kier alpha value is -1.02. The van der Waals surface area contributed by atoms with Gasteiger partial charge < -0.3 is 10.4 Å². The van der Waals surface area contributed by atoms with Gasteiger partial charge in [-0.3, -0.25) is 0 Å². The van der Waals surface area contributed by atoms with E-state index in [9.17, 15) is 5.11 Å². The summed E-state index contributed by atoms with van der Waals surface area (Å²) in [5.41, 5.74) is 2.62. The van der Waals surface area contributed by atoms with Crippen LogP contribution in [0.15, 0.2) is 24.3 Å². The van der Waals surface area contributed by atoms with Gasteiger partial charge in [0.05, 0.1) is 12.1 Å². The molecule has 19 heavy (non-hydrogen) atoms. The van der Waals surface area contributed by atoms with Crippen LogP contribution in [-0.2, 0) is 6.42 Å². The van der Waals surface area contributed by atoms with Crippen LogP contribution in [0.4, 0.5) is 5.69 Å². The molecule has 1 aromatic carbocycles. The zero-order chi connectivity index (χ0) is 13.1. The monoisotopic (exact) mass is 259 g/mol. The molecule has 1 fully saturated rings. The van der Waals surface area contributed by atoms with Crippen LogP contribution in [0, 0.1) is 5.92 Å². The van der Waals surface area contributed by atoms with Gasteiger partial charge in [-0.2, -0.15) is 0 Å². The van der Waals surface area contributed by atoms with Gasteiger partial charge in [0.2, 0.25) is 0 Å². The number of hydrogen-bond donors (Lipinski definition) is 2. The second-order valence-electron chi connectivity index (χ2n) is 6.25. The molecule has 0 spiro atoms. The third-order valence-electron chi connectivity index (χ3n) is 4.85. The average Bonchev–Trinajstić information content (AvgIpc) is 2.48. The molecule has 2 heteroatoms. The van der Waals surface area contributed by atoms with Crippen LogP contribution in [0.5, 0.6) is 0 Å². The minimum atomic E-state index is -0.184. The number of aryl methyl sites for hydroxylation is 1. The molecule has 2 unspecified atom stereocenters. The van der Waals surface area contributed by atoms with Crippen LogP contribution in [0.2, 0.25) is 0 Å². The van der Waals surface area contributed by atoms with E-state index in [1.54, 1.807) is 0 Å². The molecule has 0 bridgehead atoms. The summed E-state index contributed by atoms with van der Waals surface area (Å²) in [6.45, 7) is 0. The van der Waals surface area contributed by atoms with Crippen molar-refractivity contribution in [2.75, 3.05) is 5.32 Å². The predicted molar refractivity (Wildman–Crippen MR) is 79.4 cm³/mol. The number of fused-ring (bicyclic) bond motifs is 1. The maximum absolute atomic E-state index is 10.5. The molecule has 2 atom stereocenters. The fourth-order valence-electron chi connectivity index (χ4n) is 3.68. The van der Waals surface area contributed by atoms with E-state index in [0.29, 0.717) is 0 Å². The van der Waals surface area contributed by atoms with Crippen molar-refractivity contribution in [2.45, 2.75) is 63.5 Å². The lowest BCUT2D eigenvalue weighted by Crippen LogP contribution is -2.38. The Labute approximate surface area is 116 Å². The Morgan fingerprint density at radius 3 is 2.74 bits per heavy atom. The molecule has 1 heterocycles. The number of nitrogens with one attached hydrogen (secondary N) is 1. The summed E-state index contributed by atoms with van der Waals surface area (Å²) in [6.07, 6.45) is 9.70. The predicted octanol–water partition coefficient (Wildman–Crippen LogP) is 3.74. The summed E-state index contributed by atoms with van der Waals surface area (Å²) in [7, 11) is 0. The fourth-order valence-corrected chi connectivity index (χ4v) is 3.68. The van der Waals surface area contributed by atoms with Crippen LogP contribution in [0.1, 0.15) is 50.5 Å². The van der Waals surface area contributed by atoms with E-state index < -0.39 is 0 Å². The molecule has 0 aromatic heterocycles. The number of para-hydroxylation sites is 1. The SMILES string of the molecule is OC(CC1CCCCC1)C1CCc2ccccc2N1. The van der Waals surface area contributed by atoms with E-state index >= 15 is 0 Å². The van der Waals surface area contributed by atoms with E-state index in [-0.39, 0.29) is 12.1 Å². The molecule has 1 aliphatic heterocycles. The van der Waals surface area contributed by atoms with Crippen molar-refractivity contribution < 1.29 is 5.11 Å². The highest BCUT2D eigenvalue weighted by Gasteiger charge is 2.26. The molecule has 104 valence electrons. The van der Waals surface area contributed by atoms with Crippen molar-refractivity contribution in [2.24, 2.45) is 5.92 Å². The van der Waals surface area contributed by atoms with Gasteiger partial charge in [-0.1, -0.05) is 50.3 Å². The van der Waals surface area contributed by atoms with E-state index in [0.717, 1.165) is 25.2 Å². The Morgan fingerprint density at radius 1 is 1.11 bits per heavy atom. The van der Waals surface area contributed by atoms with Crippen molar-refractivity contribution in [3.63, 3.8) is 0 Å². The zero-order valence-electron chi connectivity index (χ0n) is 11.6. The van der Waals surface area contributed by atoms with E-state index in [1.165, 1.54) is 43.4 Å². The summed E-state index contributed by atoms with van der Waals surface area (Å²) in [4.78, 5) is 0. The molecule has 2 nitrogen and oxygen atoms in total. The second-order valence-corrected chi connectivity index (χ2v) is 6.25. The Balaban J connectivity index is 1.58. The van der Waals surface area contributed by atoms with Crippen molar-refractivity contribution in [3.8, 4) is 0 Å². The number of aliphatic hydroxyl groups is 1. The number of anilines is 1. The minimum absolute atomic E-state index is 0.184. The van der Waals surface area contributed by atoms with Crippen LogP contribution >= 0.6 is 0 Å². The first kappa shape index (κ1) is 13.0. The van der Waals surface area contributed by atoms with Crippen LogP contribution in [0.3, 0.4) is 0 Å². The highest BCUT2D eigenvalue weighted by molar-refractivity contribution is 5.53. The normalized spacial score (nSPS) is 25.4. The average molecular weight is 259 g/mol. The van der Waals surface area contributed by atoms with Gasteiger partial charge >= 0.3 is 0 Å². The quantitative estimate of drug-likeness (QED) is 0.866. The molecule has 0 radical (unpaired) electrons. The second kappa shape index (κ2) is 5.96. The molecule has 1 saturated carbocycles. The van der Waals surface area contributed by atoms with E-state index in [4.69, 9.17) is 0 Å². The summed E-state index contributed by atoms with van der Waals surface area (Å²) < 4.78 is 0. The van der Waals surface area contributed by atoms with Gasteiger partial charge in [-0.15, -0.1) is 0 Å². The Kier molecular flexibility index (Phi) is 4.07. The van der Waals surface area contributed by atoms with E-state index in [1.807, 2.05) is 0 Å². The fraction of sp³-hybridized carbons (Fsp3) is 0.647. The van der Waals surface area contributed by atoms with Crippen molar-refractivity contribution in [3.05, 3.63) is 29.8 Å². The summed E-state index contributed by atoms with van der Waals surface area (Å²) in [5, 5.41) is 14.0. The Bertz CT molecular complexity index is 411. The molecular weight excluding hydrogens is 234 g/mol. The third-order valence-corrected chi connectivity index (χ3v) is 4.85. The highest BCUT2D eigenvalue weighted by atomic mass is 16.3. The first-order valence-corrected chi connectivity index (χ1v) is 7.85. The molecule has 2 aliphatic rings. The lowest BCUT2D eigenvalue weighted by molar-refractivity contribution is 0.107. The third kappa shape index (κ3) is 3.11. The molecule has 0 amide bonds. The molecular formula is C17H25NO. The highest BCUT2D eigenvalue weighted by Crippen LogP contribution is 2.31. The van der Waals surface area contributed by atoms with Gasteiger partial charge in [0.15, 0.2) is 0 Å². The number of rotatable bonds is 3. The number of aliphatic hydroxyl groups excluding tert-OH is 1. The maximum atomic E-state index is 10.5. The van der Waals surface area contributed by atoms with Gasteiger partial charge in [0, 0.05) is 5.69 Å².